The molecular weight excluding hydrogens is 345 g/mol. The standard InChI is InChI=1S/C24H29F3/c1-3-6-17-9-11-18(12-10-17)13-16(2)20-7-4-5-8-21(20)19-14-22(25)24(27)23(26)15-19/h4-5,7-8,14-18H,3,6,9-13H2,1-2H3. The van der Waals surface area contributed by atoms with Gasteiger partial charge in [-0.2, -0.15) is 0 Å². The van der Waals surface area contributed by atoms with Gasteiger partial charge in [-0.15, -0.1) is 0 Å². The summed E-state index contributed by atoms with van der Waals surface area (Å²) in [4.78, 5) is 0. The Balaban J connectivity index is 1.76. The van der Waals surface area contributed by atoms with Crippen molar-refractivity contribution in [1.82, 2.24) is 0 Å². The van der Waals surface area contributed by atoms with Crippen LogP contribution in [0.15, 0.2) is 36.4 Å². The van der Waals surface area contributed by atoms with Gasteiger partial charge in [0.2, 0.25) is 0 Å². The van der Waals surface area contributed by atoms with Crippen LogP contribution in [0.3, 0.4) is 0 Å². The van der Waals surface area contributed by atoms with Crippen LogP contribution < -0.4 is 0 Å². The van der Waals surface area contributed by atoms with E-state index in [4.69, 9.17) is 0 Å². The fourth-order valence-corrected chi connectivity index (χ4v) is 4.69. The Bertz CT molecular complexity index is 737. The molecule has 0 nitrogen and oxygen atoms in total. The van der Waals surface area contributed by atoms with Gasteiger partial charge in [-0.25, -0.2) is 13.2 Å². The second kappa shape index (κ2) is 8.95. The molecule has 1 fully saturated rings. The van der Waals surface area contributed by atoms with Crippen molar-refractivity contribution >= 4 is 0 Å². The van der Waals surface area contributed by atoms with Crippen LogP contribution in [0.2, 0.25) is 0 Å². The number of halogens is 3. The van der Waals surface area contributed by atoms with Crippen molar-refractivity contribution in [2.24, 2.45) is 11.8 Å². The highest BCUT2D eigenvalue weighted by Crippen LogP contribution is 2.39. The molecular formula is C24H29F3. The zero-order valence-electron chi connectivity index (χ0n) is 16.3. The Labute approximate surface area is 160 Å². The molecule has 0 bridgehead atoms. The van der Waals surface area contributed by atoms with Gasteiger partial charge < -0.3 is 0 Å². The Morgan fingerprint density at radius 3 is 2.15 bits per heavy atom. The molecule has 27 heavy (non-hydrogen) atoms. The van der Waals surface area contributed by atoms with Gasteiger partial charge in [-0.1, -0.05) is 76.6 Å². The smallest absolute Gasteiger partial charge is 0.194 e. The summed E-state index contributed by atoms with van der Waals surface area (Å²) in [6.45, 7) is 4.44. The average molecular weight is 374 g/mol. The van der Waals surface area contributed by atoms with Crippen molar-refractivity contribution in [2.75, 3.05) is 0 Å². The second-order valence-electron chi connectivity index (χ2n) is 8.15. The third kappa shape index (κ3) is 4.75. The molecule has 1 saturated carbocycles. The van der Waals surface area contributed by atoms with Gasteiger partial charge in [0, 0.05) is 0 Å². The van der Waals surface area contributed by atoms with Crippen LogP contribution in [0.25, 0.3) is 11.1 Å². The number of benzene rings is 2. The summed E-state index contributed by atoms with van der Waals surface area (Å²) in [5.74, 6) is -1.79. The van der Waals surface area contributed by atoms with E-state index in [0.717, 1.165) is 35.6 Å². The fourth-order valence-electron chi connectivity index (χ4n) is 4.69. The molecule has 0 N–H and O–H groups in total. The molecule has 0 aliphatic heterocycles. The van der Waals surface area contributed by atoms with Crippen LogP contribution in [-0.4, -0.2) is 0 Å². The minimum absolute atomic E-state index is 0.296. The van der Waals surface area contributed by atoms with Gasteiger partial charge in [0.25, 0.3) is 0 Å². The van der Waals surface area contributed by atoms with Crippen LogP contribution in [0, 0.1) is 29.3 Å². The summed E-state index contributed by atoms with van der Waals surface area (Å²) < 4.78 is 40.8. The van der Waals surface area contributed by atoms with E-state index in [1.54, 1.807) is 0 Å². The van der Waals surface area contributed by atoms with E-state index in [1.165, 1.54) is 38.5 Å². The van der Waals surface area contributed by atoms with Crippen LogP contribution >= 0.6 is 0 Å². The molecule has 2 aromatic carbocycles. The Morgan fingerprint density at radius 2 is 1.52 bits per heavy atom. The lowest BCUT2D eigenvalue weighted by atomic mass is 9.75. The highest BCUT2D eigenvalue weighted by molar-refractivity contribution is 5.68. The molecule has 3 heteroatoms. The normalized spacial score (nSPS) is 21.2. The summed E-state index contributed by atoms with van der Waals surface area (Å²) >= 11 is 0. The minimum atomic E-state index is -1.41. The minimum Gasteiger partial charge on any atom is -0.204 e. The predicted octanol–water partition coefficient (Wildman–Crippen LogP) is 7.87. The fraction of sp³-hybridized carbons (Fsp3) is 0.500. The predicted molar refractivity (Wildman–Crippen MR) is 105 cm³/mol. The second-order valence-corrected chi connectivity index (χ2v) is 8.15. The van der Waals surface area contributed by atoms with E-state index in [2.05, 4.69) is 13.8 Å². The first-order valence-corrected chi connectivity index (χ1v) is 10.2. The maximum atomic E-state index is 13.7. The largest absolute Gasteiger partial charge is 0.204 e. The summed E-state index contributed by atoms with van der Waals surface area (Å²) in [6.07, 6.45) is 8.88. The van der Waals surface area contributed by atoms with Gasteiger partial charge in [0.1, 0.15) is 0 Å². The van der Waals surface area contributed by atoms with Crippen molar-refractivity contribution in [1.29, 1.82) is 0 Å². The van der Waals surface area contributed by atoms with Crippen LogP contribution in [0.4, 0.5) is 13.2 Å². The Kier molecular flexibility index (Phi) is 6.62. The van der Waals surface area contributed by atoms with Crippen molar-refractivity contribution in [2.45, 2.75) is 64.7 Å². The zero-order chi connectivity index (χ0) is 19.4. The van der Waals surface area contributed by atoms with Crippen LogP contribution in [0.5, 0.6) is 0 Å². The van der Waals surface area contributed by atoms with Crippen LogP contribution in [0.1, 0.15) is 70.3 Å². The summed E-state index contributed by atoms with van der Waals surface area (Å²) in [5, 5.41) is 0. The third-order valence-electron chi connectivity index (χ3n) is 6.14. The SMILES string of the molecule is CCCC1CCC(CC(C)c2ccccc2-c2cc(F)c(F)c(F)c2)CC1. The molecule has 0 radical (unpaired) electrons. The maximum Gasteiger partial charge on any atom is 0.194 e. The van der Waals surface area contributed by atoms with E-state index < -0.39 is 17.5 Å². The first kappa shape index (κ1) is 20.0. The van der Waals surface area contributed by atoms with Gasteiger partial charge >= 0.3 is 0 Å². The van der Waals surface area contributed by atoms with Crippen molar-refractivity contribution in [3.63, 3.8) is 0 Å². The number of hydrogen-bond acceptors (Lipinski definition) is 0. The van der Waals surface area contributed by atoms with Gasteiger partial charge in [-0.05, 0) is 53.0 Å². The number of rotatable bonds is 6. The lowest BCUT2D eigenvalue weighted by molar-refractivity contribution is 0.244. The molecule has 0 amide bonds. The molecule has 1 aliphatic carbocycles. The van der Waals surface area contributed by atoms with Crippen molar-refractivity contribution < 1.29 is 13.2 Å². The lowest BCUT2D eigenvalue weighted by Crippen LogP contribution is -2.16. The molecule has 3 rings (SSSR count). The van der Waals surface area contributed by atoms with E-state index in [0.29, 0.717) is 17.4 Å². The van der Waals surface area contributed by atoms with Crippen molar-refractivity contribution in [3.05, 3.63) is 59.4 Å². The summed E-state index contributed by atoms with van der Waals surface area (Å²) in [6, 6.07) is 9.92. The van der Waals surface area contributed by atoms with E-state index in [-0.39, 0.29) is 0 Å². The molecule has 146 valence electrons. The van der Waals surface area contributed by atoms with Gasteiger partial charge in [-0.3, -0.25) is 0 Å². The summed E-state index contributed by atoms with van der Waals surface area (Å²) in [7, 11) is 0. The molecule has 0 heterocycles. The topological polar surface area (TPSA) is 0 Å². The molecule has 0 spiro atoms. The maximum absolute atomic E-state index is 13.7. The molecule has 0 saturated heterocycles. The summed E-state index contributed by atoms with van der Waals surface area (Å²) in [5.41, 5.74) is 2.28. The monoisotopic (exact) mass is 374 g/mol. The van der Waals surface area contributed by atoms with Crippen molar-refractivity contribution in [3.8, 4) is 11.1 Å². The van der Waals surface area contributed by atoms with E-state index >= 15 is 0 Å². The van der Waals surface area contributed by atoms with E-state index in [1.807, 2.05) is 24.3 Å². The molecule has 0 aromatic heterocycles. The first-order valence-electron chi connectivity index (χ1n) is 10.2. The Hall–Kier alpha value is -1.77. The highest BCUT2D eigenvalue weighted by Gasteiger charge is 2.24. The van der Waals surface area contributed by atoms with Gasteiger partial charge in [0.15, 0.2) is 17.5 Å². The van der Waals surface area contributed by atoms with Gasteiger partial charge in [0.05, 0.1) is 0 Å². The number of hydrogen-bond donors (Lipinski definition) is 0. The lowest BCUT2D eigenvalue weighted by Gasteiger charge is -2.30. The first-order chi connectivity index (χ1) is 13.0. The van der Waals surface area contributed by atoms with E-state index in [9.17, 15) is 13.2 Å². The molecule has 1 atom stereocenters. The Morgan fingerprint density at radius 1 is 0.926 bits per heavy atom. The average Bonchev–Trinajstić information content (AvgIpc) is 2.67. The molecule has 2 aromatic rings. The quantitative estimate of drug-likeness (QED) is 0.451. The molecule has 1 unspecified atom stereocenters. The molecule has 1 aliphatic rings. The third-order valence-corrected chi connectivity index (χ3v) is 6.14. The zero-order valence-corrected chi connectivity index (χ0v) is 16.3. The van der Waals surface area contributed by atoms with Crippen LogP contribution in [-0.2, 0) is 0 Å². The highest BCUT2D eigenvalue weighted by atomic mass is 19.2.